The highest BCUT2D eigenvalue weighted by Gasteiger charge is 2.18. The maximum absolute atomic E-state index is 3.81. The van der Waals surface area contributed by atoms with Crippen molar-refractivity contribution in [3.63, 3.8) is 0 Å². The van der Waals surface area contributed by atoms with E-state index in [1.54, 1.807) is 0 Å². The van der Waals surface area contributed by atoms with E-state index in [-0.39, 0.29) is 0 Å². The molecule has 2 saturated heterocycles. The molecule has 0 aromatic carbocycles. The lowest BCUT2D eigenvalue weighted by Gasteiger charge is -2.37. The average Bonchev–Trinajstić information content (AvgIpc) is 2.49. The van der Waals surface area contributed by atoms with Crippen molar-refractivity contribution in [3.8, 4) is 0 Å². The molecule has 0 amide bonds. The van der Waals surface area contributed by atoms with Gasteiger partial charge < -0.3 is 10.2 Å². The number of rotatable bonds is 5. The van der Waals surface area contributed by atoms with Crippen molar-refractivity contribution in [2.45, 2.75) is 0 Å². The molecule has 0 aliphatic carbocycles. The second kappa shape index (κ2) is 11.2. The van der Waals surface area contributed by atoms with Gasteiger partial charge in [-0.05, 0) is 21.1 Å². The normalized spacial score (nSPS) is 22.6. The highest BCUT2D eigenvalue weighted by atomic mass is 15.3. The predicted molar refractivity (Wildman–Crippen MR) is 92.0 cm³/mol. The van der Waals surface area contributed by atoms with E-state index in [0.717, 1.165) is 6.54 Å². The molecule has 5 heteroatoms. The molecule has 0 unspecified atom stereocenters. The monoisotopic (exact) mass is 297 g/mol. The summed E-state index contributed by atoms with van der Waals surface area (Å²) in [5.41, 5.74) is 0. The number of piperazine rings is 2. The van der Waals surface area contributed by atoms with Crippen LogP contribution < -0.4 is 5.32 Å². The van der Waals surface area contributed by atoms with Gasteiger partial charge in [0.05, 0.1) is 0 Å². The first-order valence-corrected chi connectivity index (χ1v) is 8.24. The first-order chi connectivity index (χ1) is 10.2. The van der Waals surface area contributed by atoms with E-state index in [0.29, 0.717) is 0 Å². The van der Waals surface area contributed by atoms with Gasteiger partial charge in [0.2, 0.25) is 0 Å². The Bertz CT molecular complexity index is 255. The average molecular weight is 297 g/mol. The highest BCUT2D eigenvalue weighted by Crippen LogP contribution is 2.03. The van der Waals surface area contributed by atoms with Gasteiger partial charge >= 0.3 is 0 Å². The zero-order chi connectivity index (χ0) is 15.5. The molecule has 2 aliphatic heterocycles. The molecule has 0 saturated carbocycles. The maximum Gasteiger partial charge on any atom is 0.0161 e. The quantitative estimate of drug-likeness (QED) is 0.713. The zero-order valence-electron chi connectivity index (χ0n) is 14.4. The summed E-state index contributed by atoms with van der Waals surface area (Å²) in [5.74, 6) is 0. The van der Waals surface area contributed by atoms with Gasteiger partial charge in [-0.1, -0.05) is 6.08 Å². The van der Waals surface area contributed by atoms with Crippen LogP contribution in [0.2, 0.25) is 0 Å². The number of nitrogens with one attached hydrogen (secondary N) is 1. The van der Waals surface area contributed by atoms with Gasteiger partial charge in [-0.3, -0.25) is 14.7 Å². The third kappa shape index (κ3) is 7.93. The summed E-state index contributed by atoms with van der Waals surface area (Å²) in [6, 6.07) is 0. The van der Waals surface area contributed by atoms with E-state index >= 15 is 0 Å². The second-order valence-electron chi connectivity index (χ2n) is 6.08. The van der Waals surface area contributed by atoms with E-state index in [9.17, 15) is 0 Å². The van der Waals surface area contributed by atoms with Crippen LogP contribution in [0.1, 0.15) is 0 Å². The number of nitrogens with zero attached hydrogens (tertiary/aromatic N) is 4. The van der Waals surface area contributed by atoms with Gasteiger partial charge in [-0.25, -0.2) is 0 Å². The molecule has 0 aromatic heterocycles. The van der Waals surface area contributed by atoms with Gasteiger partial charge in [-0.15, -0.1) is 6.58 Å². The topological polar surface area (TPSA) is 25.0 Å². The minimum atomic E-state index is 1.05. The fourth-order valence-corrected chi connectivity index (χ4v) is 2.73. The Hall–Kier alpha value is -0.460. The van der Waals surface area contributed by atoms with Crippen LogP contribution in [0.3, 0.4) is 0 Å². The molecule has 1 N–H and O–H groups in total. The summed E-state index contributed by atoms with van der Waals surface area (Å²) in [5, 5.41) is 2.75. The largest absolute Gasteiger partial charge is 0.323 e. The third-order valence-corrected chi connectivity index (χ3v) is 4.18. The summed E-state index contributed by atoms with van der Waals surface area (Å²) in [6.07, 6.45) is 2.01. The standard InChI is InChI=1S/C14H28N4.C2H7N/c1-3-4-16-9-11-18(12-10-16)14-13-17-7-5-15(2)6-8-17;1-3-2/h3H,1,4-14H2,2H3;3H,1-2H3. The van der Waals surface area contributed by atoms with Crippen molar-refractivity contribution in [2.75, 3.05) is 93.1 Å². The Kier molecular flexibility index (Phi) is 9.87. The fourth-order valence-electron chi connectivity index (χ4n) is 2.73. The summed E-state index contributed by atoms with van der Waals surface area (Å²) < 4.78 is 0. The molecule has 0 aromatic rings. The van der Waals surface area contributed by atoms with Gasteiger partial charge in [0.15, 0.2) is 0 Å². The summed E-state index contributed by atoms with van der Waals surface area (Å²) in [6.45, 7) is 17.1. The molecule has 0 radical (unpaired) electrons. The molecular formula is C16H35N5. The minimum Gasteiger partial charge on any atom is -0.323 e. The molecule has 0 spiro atoms. The predicted octanol–water partition coefficient (Wildman–Crippen LogP) is -0.127. The van der Waals surface area contributed by atoms with Crippen molar-refractivity contribution in [2.24, 2.45) is 0 Å². The molecule has 124 valence electrons. The van der Waals surface area contributed by atoms with Crippen molar-refractivity contribution in [1.82, 2.24) is 24.9 Å². The Labute approximate surface area is 131 Å². The van der Waals surface area contributed by atoms with E-state index in [1.807, 2.05) is 20.2 Å². The number of hydrogen-bond donors (Lipinski definition) is 1. The van der Waals surface area contributed by atoms with Gasteiger partial charge in [-0.2, -0.15) is 0 Å². The Balaban J connectivity index is 0.000000677. The van der Waals surface area contributed by atoms with E-state index in [4.69, 9.17) is 0 Å². The van der Waals surface area contributed by atoms with Crippen molar-refractivity contribution in [1.29, 1.82) is 0 Å². The van der Waals surface area contributed by atoms with Gasteiger partial charge in [0.25, 0.3) is 0 Å². The molecule has 0 bridgehead atoms. The highest BCUT2D eigenvalue weighted by molar-refractivity contribution is 4.79. The summed E-state index contributed by atoms with van der Waals surface area (Å²) >= 11 is 0. The zero-order valence-corrected chi connectivity index (χ0v) is 14.4. The first-order valence-electron chi connectivity index (χ1n) is 8.24. The molecule has 21 heavy (non-hydrogen) atoms. The second-order valence-corrected chi connectivity index (χ2v) is 6.08. The van der Waals surface area contributed by atoms with Crippen LogP contribution in [0.15, 0.2) is 12.7 Å². The third-order valence-electron chi connectivity index (χ3n) is 4.18. The van der Waals surface area contributed by atoms with Gasteiger partial charge in [0.1, 0.15) is 0 Å². The SMILES string of the molecule is C=CCN1CCN(CCN2CCN(C)CC2)CC1.CNC. The molecule has 2 heterocycles. The minimum absolute atomic E-state index is 1.05. The van der Waals surface area contributed by atoms with Crippen LogP contribution in [0.5, 0.6) is 0 Å². The van der Waals surface area contributed by atoms with E-state index in [1.165, 1.54) is 65.4 Å². The van der Waals surface area contributed by atoms with Crippen molar-refractivity contribution < 1.29 is 0 Å². The van der Waals surface area contributed by atoms with Gasteiger partial charge in [0, 0.05) is 72.0 Å². The van der Waals surface area contributed by atoms with Crippen LogP contribution in [-0.4, -0.2) is 113 Å². The van der Waals surface area contributed by atoms with Crippen LogP contribution in [-0.2, 0) is 0 Å². The lowest BCUT2D eigenvalue weighted by atomic mass is 10.3. The molecule has 0 atom stereocenters. The van der Waals surface area contributed by atoms with Crippen LogP contribution in [0.4, 0.5) is 0 Å². The number of likely N-dealkylation sites (N-methyl/N-ethyl adjacent to an activating group) is 1. The number of hydrogen-bond acceptors (Lipinski definition) is 5. The summed E-state index contributed by atoms with van der Waals surface area (Å²) in [7, 11) is 5.97. The smallest absolute Gasteiger partial charge is 0.0161 e. The van der Waals surface area contributed by atoms with Crippen molar-refractivity contribution >= 4 is 0 Å². The molecule has 2 aliphatic rings. The Morgan fingerprint density at radius 3 is 1.62 bits per heavy atom. The Morgan fingerprint density at radius 2 is 1.19 bits per heavy atom. The maximum atomic E-state index is 3.81. The lowest BCUT2D eigenvalue weighted by Crippen LogP contribution is -2.50. The summed E-state index contributed by atoms with van der Waals surface area (Å²) in [4.78, 5) is 10.1. The van der Waals surface area contributed by atoms with Crippen LogP contribution in [0.25, 0.3) is 0 Å². The van der Waals surface area contributed by atoms with E-state index < -0.39 is 0 Å². The Morgan fingerprint density at radius 1 is 0.810 bits per heavy atom. The van der Waals surface area contributed by atoms with Crippen LogP contribution in [0, 0.1) is 0 Å². The molecule has 2 fully saturated rings. The lowest BCUT2D eigenvalue weighted by molar-refractivity contribution is 0.106. The van der Waals surface area contributed by atoms with Crippen molar-refractivity contribution in [3.05, 3.63) is 12.7 Å². The fraction of sp³-hybridized carbons (Fsp3) is 0.875. The van der Waals surface area contributed by atoms with E-state index in [2.05, 4.69) is 38.5 Å². The molecule has 5 nitrogen and oxygen atoms in total. The molecular weight excluding hydrogens is 262 g/mol. The molecule has 2 rings (SSSR count). The first kappa shape index (κ1) is 18.6. The van der Waals surface area contributed by atoms with Crippen LogP contribution >= 0.6 is 0 Å².